The average Bonchev–Trinajstić information content (AvgIpc) is 2.95. The fraction of sp³-hybridized carbons (Fsp3) is 0.364. The second kappa shape index (κ2) is 9.82. The minimum Gasteiger partial charge on any atom is -0.379 e. The largest absolute Gasteiger partial charge is 0.379 e. The second-order valence-electron chi connectivity index (χ2n) is 7.16. The quantitative estimate of drug-likeness (QED) is 0.315. The van der Waals surface area contributed by atoms with E-state index in [1.807, 2.05) is 11.0 Å². The number of ketones is 1. The summed E-state index contributed by atoms with van der Waals surface area (Å²) in [6.07, 6.45) is 4.37. The molecular formula is C22H25N3O4. The smallest absolute Gasteiger partial charge is 0.293 e. The maximum atomic E-state index is 12.5. The summed E-state index contributed by atoms with van der Waals surface area (Å²) >= 11 is 0. The molecule has 0 aromatic heterocycles. The molecule has 1 heterocycles. The minimum atomic E-state index is -0.484. The fourth-order valence-electron chi connectivity index (χ4n) is 3.50. The molecule has 0 atom stereocenters. The highest BCUT2D eigenvalue weighted by Gasteiger charge is 2.19. The van der Waals surface area contributed by atoms with Crippen molar-refractivity contribution >= 4 is 23.1 Å². The highest BCUT2D eigenvalue weighted by Crippen LogP contribution is 2.27. The van der Waals surface area contributed by atoms with E-state index < -0.39 is 4.92 Å². The number of nitrogens with zero attached hydrogens (tertiary/aromatic N) is 2. The highest BCUT2D eigenvalue weighted by atomic mass is 16.6. The number of nitrogens with one attached hydrogen (secondary N) is 1. The van der Waals surface area contributed by atoms with Gasteiger partial charge in [-0.15, -0.1) is 0 Å². The van der Waals surface area contributed by atoms with Crippen molar-refractivity contribution in [3.8, 4) is 0 Å². The van der Waals surface area contributed by atoms with E-state index in [1.165, 1.54) is 6.07 Å². The van der Waals surface area contributed by atoms with Crippen molar-refractivity contribution in [3.05, 3.63) is 69.8 Å². The molecule has 1 aliphatic heterocycles. The molecule has 29 heavy (non-hydrogen) atoms. The number of hydrogen-bond acceptors (Lipinski definition) is 5. The van der Waals surface area contributed by atoms with Crippen molar-refractivity contribution < 1.29 is 14.5 Å². The summed E-state index contributed by atoms with van der Waals surface area (Å²) < 4.78 is 0. The molecule has 1 amide bonds. The van der Waals surface area contributed by atoms with Crippen LogP contribution in [-0.2, 0) is 4.79 Å². The fourth-order valence-corrected chi connectivity index (χ4v) is 3.50. The normalized spacial score (nSPS) is 14.3. The molecule has 3 rings (SSSR count). The van der Waals surface area contributed by atoms with E-state index in [1.54, 1.807) is 36.4 Å². The Morgan fingerprint density at radius 3 is 2.62 bits per heavy atom. The van der Waals surface area contributed by atoms with Crippen LogP contribution in [0.2, 0.25) is 0 Å². The number of anilines is 1. The summed E-state index contributed by atoms with van der Waals surface area (Å²) in [5.74, 6) is -0.0582. The Morgan fingerprint density at radius 2 is 1.86 bits per heavy atom. The van der Waals surface area contributed by atoms with Gasteiger partial charge in [-0.3, -0.25) is 19.7 Å². The highest BCUT2D eigenvalue weighted by molar-refractivity contribution is 6.09. The number of carbonyl (C=O) groups excluding carboxylic acids is 2. The first-order valence-corrected chi connectivity index (χ1v) is 9.96. The molecule has 1 N–H and O–H groups in total. The van der Waals surface area contributed by atoms with E-state index in [9.17, 15) is 19.7 Å². The minimum absolute atomic E-state index is 0.127. The first-order valence-electron chi connectivity index (χ1n) is 9.96. The van der Waals surface area contributed by atoms with E-state index in [-0.39, 0.29) is 22.9 Å². The Kier molecular flexibility index (Phi) is 6.94. The van der Waals surface area contributed by atoms with E-state index in [2.05, 4.69) is 5.32 Å². The van der Waals surface area contributed by atoms with Gasteiger partial charge < -0.3 is 10.2 Å². The van der Waals surface area contributed by atoms with Crippen LogP contribution in [0.3, 0.4) is 0 Å². The summed E-state index contributed by atoms with van der Waals surface area (Å²) in [7, 11) is 0. The number of benzene rings is 2. The van der Waals surface area contributed by atoms with Crippen LogP contribution in [-0.4, -0.2) is 41.1 Å². The summed E-state index contributed by atoms with van der Waals surface area (Å²) in [5, 5.41) is 14.6. The lowest BCUT2D eigenvalue weighted by Gasteiger charge is -2.20. The summed E-state index contributed by atoms with van der Waals surface area (Å²) in [5.41, 5.74) is 1.02. The molecule has 7 nitrogen and oxygen atoms in total. The van der Waals surface area contributed by atoms with Gasteiger partial charge >= 0.3 is 0 Å². The van der Waals surface area contributed by atoms with E-state index in [0.29, 0.717) is 37.2 Å². The van der Waals surface area contributed by atoms with Crippen LogP contribution < -0.4 is 5.32 Å². The zero-order valence-electron chi connectivity index (χ0n) is 16.3. The van der Waals surface area contributed by atoms with Crippen LogP contribution in [0.5, 0.6) is 0 Å². The maximum absolute atomic E-state index is 12.5. The summed E-state index contributed by atoms with van der Waals surface area (Å²) in [6, 6.07) is 13.2. The van der Waals surface area contributed by atoms with Crippen molar-refractivity contribution in [2.45, 2.75) is 32.1 Å². The SMILES string of the molecule is O=C(c1ccccc1)c1ccc(NCCCN2CCCCCC2=O)c([N+](=O)[O-])c1. The van der Waals surface area contributed by atoms with Gasteiger partial charge in [-0.2, -0.15) is 0 Å². The Morgan fingerprint density at radius 1 is 1.07 bits per heavy atom. The van der Waals surface area contributed by atoms with Crippen molar-refractivity contribution in [3.63, 3.8) is 0 Å². The predicted molar refractivity (Wildman–Crippen MR) is 111 cm³/mol. The molecule has 1 fully saturated rings. The molecule has 2 aromatic rings. The van der Waals surface area contributed by atoms with Gasteiger partial charge in [0.05, 0.1) is 4.92 Å². The molecule has 0 saturated carbocycles. The van der Waals surface area contributed by atoms with Gasteiger partial charge in [-0.25, -0.2) is 0 Å². The molecule has 2 aromatic carbocycles. The van der Waals surface area contributed by atoms with E-state index in [4.69, 9.17) is 0 Å². The third-order valence-electron chi connectivity index (χ3n) is 5.08. The molecule has 1 aliphatic rings. The van der Waals surface area contributed by atoms with Crippen molar-refractivity contribution in [2.75, 3.05) is 25.0 Å². The third kappa shape index (κ3) is 5.40. The molecule has 0 radical (unpaired) electrons. The number of rotatable bonds is 8. The molecular weight excluding hydrogens is 370 g/mol. The predicted octanol–water partition coefficient (Wildman–Crippen LogP) is 4.03. The average molecular weight is 395 g/mol. The molecule has 0 spiro atoms. The first kappa shape index (κ1) is 20.5. The zero-order chi connectivity index (χ0) is 20.6. The number of carbonyl (C=O) groups is 2. The molecule has 1 saturated heterocycles. The standard InChI is InChI=1S/C22H25N3O4/c26-21-10-5-2-6-14-24(21)15-7-13-23-19-12-11-18(16-20(19)25(28)29)22(27)17-8-3-1-4-9-17/h1,3-4,8-9,11-12,16,23H,2,5-7,10,13-15H2. The van der Waals surface area contributed by atoms with Crippen LogP contribution in [0.15, 0.2) is 48.5 Å². The van der Waals surface area contributed by atoms with Crippen LogP contribution >= 0.6 is 0 Å². The van der Waals surface area contributed by atoms with Crippen molar-refractivity contribution in [1.82, 2.24) is 4.90 Å². The van der Waals surface area contributed by atoms with Crippen LogP contribution in [0.25, 0.3) is 0 Å². The molecule has 0 aliphatic carbocycles. The lowest BCUT2D eigenvalue weighted by molar-refractivity contribution is -0.384. The second-order valence-corrected chi connectivity index (χ2v) is 7.16. The van der Waals surface area contributed by atoms with Gasteiger partial charge in [0.1, 0.15) is 5.69 Å². The van der Waals surface area contributed by atoms with Gasteiger partial charge in [0.25, 0.3) is 5.69 Å². The van der Waals surface area contributed by atoms with Crippen LogP contribution in [0.1, 0.15) is 48.0 Å². The van der Waals surface area contributed by atoms with Crippen LogP contribution in [0.4, 0.5) is 11.4 Å². The number of amides is 1. The van der Waals surface area contributed by atoms with Crippen LogP contribution in [0, 0.1) is 10.1 Å². The number of likely N-dealkylation sites (tertiary alicyclic amines) is 1. The van der Waals surface area contributed by atoms with E-state index >= 15 is 0 Å². The third-order valence-corrected chi connectivity index (χ3v) is 5.08. The Bertz CT molecular complexity index is 883. The van der Waals surface area contributed by atoms with Crippen molar-refractivity contribution in [1.29, 1.82) is 0 Å². The van der Waals surface area contributed by atoms with Gasteiger partial charge in [-0.1, -0.05) is 36.8 Å². The van der Waals surface area contributed by atoms with E-state index in [0.717, 1.165) is 25.8 Å². The lowest BCUT2D eigenvalue weighted by atomic mass is 10.0. The molecule has 7 heteroatoms. The number of hydrogen-bond donors (Lipinski definition) is 1. The van der Waals surface area contributed by atoms with Gasteiger partial charge in [0, 0.05) is 43.2 Å². The number of nitro groups is 1. The first-order chi connectivity index (χ1) is 14.1. The monoisotopic (exact) mass is 395 g/mol. The van der Waals surface area contributed by atoms with Crippen molar-refractivity contribution in [2.24, 2.45) is 0 Å². The topological polar surface area (TPSA) is 92.6 Å². The summed E-state index contributed by atoms with van der Waals surface area (Å²) in [4.78, 5) is 37.5. The Balaban J connectivity index is 1.62. The van der Waals surface area contributed by atoms with Gasteiger partial charge in [0.2, 0.25) is 5.91 Å². The molecule has 0 bridgehead atoms. The maximum Gasteiger partial charge on any atom is 0.293 e. The lowest BCUT2D eigenvalue weighted by Crippen LogP contribution is -2.32. The Hall–Kier alpha value is -3.22. The Labute approximate surface area is 169 Å². The number of nitro benzene ring substituents is 1. The molecule has 0 unspecified atom stereocenters. The van der Waals surface area contributed by atoms with Gasteiger partial charge in [-0.05, 0) is 31.4 Å². The van der Waals surface area contributed by atoms with Gasteiger partial charge in [0.15, 0.2) is 5.78 Å². The summed E-state index contributed by atoms with van der Waals surface area (Å²) in [6.45, 7) is 1.94. The zero-order valence-corrected chi connectivity index (χ0v) is 16.3. The molecule has 152 valence electrons.